The fraction of sp³-hybridized carbons (Fsp3) is 0. The molecule has 0 aliphatic heterocycles. The van der Waals surface area contributed by atoms with Crippen molar-refractivity contribution >= 4 is 52.5 Å². The molecule has 0 saturated heterocycles. The van der Waals surface area contributed by atoms with Crippen molar-refractivity contribution in [1.29, 1.82) is 0 Å². The highest BCUT2D eigenvalue weighted by atomic mass is 35.5. The Morgan fingerprint density at radius 3 is 1.89 bits per heavy atom. The number of benzene rings is 2. The first kappa shape index (κ1) is 17.0. The maximum atomic E-state index is 12.1. The number of hydrogen-bond acceptors (Lipinski definition) is 3. The van der Waals surface area contributed by atoms with Gasteiger partial charge in [-0.05, 0) is 59.2 Å². The Morgan fingerprint density at radius 2 is 1.37 bits per heavy atom. The smallest absolute Gasteiger partial charge is 0.319 e. The standard InChI is InChI=1S/C12H10ClO2PS2.ClH/c13-10-6-8-12(9-7-10)18-16(14,15)17-11-4-2-1-3-5-11;/h1-9H,(H,14,15);1H. The summed E-state index contributed by atoms with van der Waals surface area (Å²) in [5, 5.41) is 0.614. The van der Waals surface area contributed by atoms with Gasteiger partial charge >= 0.3 is 5.77 Å². The topological polar surface area (TPSA) is 37.3 Å². The monoisotopic (exact) mass is 352 g/mol. The zero-order valence-corrected chi connectivity index (χ0v) is 13.7. The molecule has 2 aromatic rings. The van der Waals surface area contributed by atoms with Crippen LogP contribution in [0, 0.1) is 0 Å². The van der Waals surface area contributed by atoms with Gasteiger partial charge in [0, 0.05) is 14.8 Å². The lowest BCUT2D eigenvalue weighted by atomic mass is 10.4. The summed E-state index contributed by atoms with van der Waals surface area (Å²) in [7, 11) is 0. The van der Waals surface area contributed by atoms with E-state index in [1.807, 2.05) is 30.3 Å². The lowest BCUT2D eigenvalue weighted by molar-refractivity contribution is 0.514. The Hall–Kier alpha value is -0.0900. The van der Waals surface area contributed by atoms with Crippen molar-refractivity contribution in [3.63, 3.8) is 0 Å². The van der Waals surface area contributed by atoms with Crippen molar-refractivity contribution in [2.24, 2.45) is 0 Å². The van der Waals surface area contributed by atoms with Crippen LogP contribution in [0.5, 0.6) is 0 Å². The molecule has 0 aliphatic rings. The second kappa shape index (κ2) is 7.63. The van der Waals surface area contributed by atoms with E-state index in [0.29, 0.717) is 5.02 Å². The van der Waals surface area contributed by atoms with Crippen molar-refractivity contribution in [1.82, 2.24) is 0 Å². The molecule has 0 amide bonds. The molecular weight excluding hydrogens is 342 g/mol. The Morgan fingerprint density at radius 1 is 0.895 bits per heavy atom. The second-order valence-corrected chi connectivity index (χ2v) is 10.9. The predicted octanol–water partition coefficient (Wildman–Crippen LogP) is 5.75. The molecule has 2 nitrogen and oxygen atoms in total. The van der Waals surface area contributed by atoms with E-state index in [2.05, 4.69) is 0 Å². The zero-order valence-electron chi connectivity index (χ0n) is 9.60. The molecule has 1 N–H and O–H groups in total. The Labute approximate surface area is 131 Å². The Kier molecular flexibility index (Phi) is 6.81. The maximum Gasteiger partial charge on any atom is 0.319 e. The van der Waals surface area contributed by atoms with Crippen molar-refractivity contribution < 1.29 is 9.46 Å². The van der Waals surface area contributed by atoms with Gasteiger partial charge in [0.25, 0.3) is 0 Å². The third-order valence-electron chi connectivity index (χ3n) is 2.00. The molecule has 2 rings (SSSR count). The molecule has 0 aliphatic carbocycles. The summed E-state index contributed by atoms with van der Waals surface area (Å²) in [5.74, 6) is -3.36. The molecule has 1 unspecified atom stereocenters. The predicted molar refractivity (Wildman–Crippen MR) is 86.7 cm³/mol. The highest BCUT2D eigenvalue weighted by molar-refractivity contribution is 8.89. The van der Waals surface area contributed by atoms with Crippen molar-refractivity contribution in [2.45, 2.75) is 9.79 Å². The molecule has 0 spiro atoms. The minimum Gasteiger partial charge on any atom is -0.329 e. The third kappa shape index (κ3) is 5.82. The van der Waals surface area contributed by atoms with E-state index >= 15 is 0 Å². The van der Waals surface area contributed by atoms with Crippen molar-refractivity contribution in [2.75, 3.05) is 0 Å². The van der Waals surface area contributed by atoms with E-state index in [9.17, 15) is 9.46 Å². The van der Waals surface area contributed by atoms with E-state index in [0.717, 1.165) is 32.6 Å². The van der Waals surface area contributed by atoms with Gasteiger partial charge in [-0.2, -0.15) is 0 Å². The fourth-order valence-corrected chi connectivity index (χ4v) is 6.82. The van der Waals surface area contributed by atoms with Crippen molar-refractivity contribution in [3.8, 4) is 0 Å². The van der Waals surface area contributed by atoms with Gasteiger partial charge in [0.1, 0.15) is 0 Å². The van der Waals surface area contributed by atoms with Crippen LogP contribution >= 0.6 is 52.5 Å². The van der Waals surface area contributed by atoms with E-state index in [4.69, 9.17) is 11.6 Å². The summed E-state index contributed by atoms with van der Waals surface area (Å²) in [6, 6.07) is 16.1. The SMILES string of the molecule is Cl.O=P(O)(Sc1ccccc1)Sc1ccc(Cl)cc1. The normalized spacial score (nSPS) is 13.4. The summed E-state index contributed by atoms with van der Waals surface area (Å²) in [6.45, 7) is 0. The van der Waals surface area contributed by atoms with Crippen LogP contribution in [0.15, 0.2) is 64.4 Å². The van der Waals surface area contributed by atoms with Gasteiger partial charge in [-0.15, -0.1) is 12.4 Å². The second-order valence-electron chi connectivity index (χ2n) is 3.42. The average molecular weight is 353 g/mol. The highest BCUT2D eigenvalue weighted by Crippen LogP contribution is 2.70. The van der Waals surface area contributed by atoms with Crippen LogP contribution < -0.4 is 0 Å². The molecule has 0 saturated carbocycles. The van der Waals surface area contributed by atoms with E-state index in [1.54, 1.807) is 24.3 Å². The number of rotatable bonds is 4. The maximum absolute atomic E-state index is 12.1. The first-order valence-electron chi connectivity index (χ1n) is 5.08. The van der Waals surface area contributed by atoms with Crippen LogP contribution in [0.1, 0.15) is 0 Å². The third-order valence-corrected chi connectivity index (χ3v) is 7.67. The average Bonchev–Trinajstić information content (AvgIpc) is 2.32. The molecule has 1 atom stereocenters. The summed E-state index contributed by atoms with van der Waals surface area (Å²) < 4.78 is 12.1. The number of halogens is 2. The first-order valence-corrected chi connectivity index (χ1v) is 9.96. The quantitative estimate of drug-likeness (QED) is 0.711. The lowest BCUT2D eigenvalue weighted by Crippen LogP contribution is -1.73. The van der Waals surface area contributed by atoms with Crippen LogP contribution in [-0.2, 0) is 4.57 Å². The van der Waals surface area contributed by atoms with E-state index in [-0.39, 0.29) is 12.4 Å². The van der Waals surface area contributed by atoms with Crippen LogP contribution in [0.3, 0.4) is 0 Å². The van der Waals surface area contributed by atoms with Gasteiger partial charge in [0.05, 0.1) is 0 Å². The summed E-state index contributed by atoms with van der Waals surface area (Å²) in [4.78, 5) is 11.5. The minimum absolute atomic E-state index is 0. The highest BCUT2D eigenvalue weighted by Gasteiger charge is 2.22. The molecule has 0 aromatic heterocycles. The number of hydrogen-bond donors (Lipinski definition) is 1. The summed E-state index contributed by atoms with van der Waals surface area (Å²) in [5.41, 5.74) is 0. The van der Waals surface area contributed by atoms with E-state index in [1.165, 1.54) is 0 Å². The van der Waals surface area contributed by atoms with E-state index < -0.39 is 5.77 Å². The molecule has 0 radical (unpaired) electrons. The molecule has 0 heterocycles. The van der Waals surface area contributed by atoms with Gasteiger partial charge < -0.3 is 4.89 Å². The van der Waals surface area contributed by atoms with Gasteiger partial charge in [-0.3, -0.25) is 4.57 Å². The van der Waals surface area contributed by atoms with Crippen LogP contribution in [-0.4, -0.2) is 4.89 Å². The zero-order chi connectivity index (χ0) is 13.0. The summed E-state index contributed by atoms with van der Waals surface area (Å²) >= 11 is 7.72. The van der Waals surface area contributed by atoms with Crippen LogP contribution in [0.4, 0.5) is 0 Å². The van der Waals surface area contributed by atoms with Crippen LogP contribution in [0.2, 0.25) is 5.02 Å². The molecule has 2 aromatic carbocycles. The van der Waals surface area contributed by atoms with Gasteiger partial charge in [-0.25, -0.2) is 0 Å². The summed E-state index contributed by atoms with van der Waals surface area (Å²) in [6.07, 6.45) is 0. The molecule has 19 heavy (non-hydrogen) atoms. The minimum atomic E-state index is -3.36. The van der Waals surface area contributed by atoms with Crippen molar-refractivity contribution in [3.05, 3.63) is 59.6 Å². The first-order chi connectivity index (χ1) is 8.55. The molecule has 7 heteroatoms. The van der Waals surface area contributed by atoms with Gasteiger partial charge in [0.2, 0.25) is 0 Å². The van der Waals surface area contributed by atoms with Gasteiger partial charge in [-0.1, -0.05) is 29.8 Å². The largest absolute Gasteiger partial charge is 0.329 e. The molecule has 0 bridgehead atoms. The van der Waals surface area contributed by atoms with Gasteiger partial charge in [0.15, 0.2) is 0 Å². The van der Waals surface area contributed by atoms with Crippen LogP contribution in [0.25, 0.3) is 0 Å². The molecule has 0 fully saturated rings. The Balaban J connectivity index is 0.00000180. The molecule has 102 valence electrons. The molecular formula is C12H11Cl2O2PS2. The fourth-order valence-electron chi connectivity index (χ4n) is 1.26. The Bertz CT molecular complexity index is 564. The lowest BCUT2D eigenvalue weighted by Gasteiger charge is -2.09.